The Morgan fingerprint density at radius 3 is 2.58 bits per heavy atom. The van der Waals surface area contributed by atoms with Gasteiger partial charge < -0.3 is 14.2 Å². The molecule has 6 nitrogen and oxygen atoms in total. The molecular weight excluding hydrogens is 408 g/mol. The lowest BCUT2D eigenvalue weighted by Crippen LogP contribution is -2.40. The Balaban J connectivity index is 1.23. The zero-order valence-electron chi connectivity index (χ0n) is 18.0. The molecule has 31 heavy (non-hydrogen) atoms. The van der Waals surface area contributed by atoms with Crippen LogP contribution in [0.25, 0.3) is 0 Å². The van der Waals surface area contributed by atoms with Crippen LogP contribution in [0.15, 0.2) is 60.1 Å². The smallest absolute Gasteiger partial charge is 0.410 e. The summed E-state index contributed by atoms with van der Waals surface area (Å²) < 4.78 is 7.64. The maximum Gasteiger partial charge on any atom is 0.415 e. The quantitative estimate of drug-likeness (QED) is 0.524. The van der Waals surface area contributed by atoms with Crippen molar-refractivity contribution in [1.29, 1.82) is 0 Å². The summed E-state index contributed by atoms with van der Waals surface area (Å²) in [6, 6.07) is 11.8. The summed E-state index contributed by atoms with van der Waals surface area (Å²) in [5.74, 6) is 2.21. The average Bonchev–Trinajstić information content (AvgIpc) is 3.19. The first kappa shape index (κ1) is 21.4. The fourth-order valence-electron chi connectivity index (χ4n) is 3.71. The number of thioether (sulfide) groups is 1. The van der Waals surface area contributed by atoms with Crippen LogP contribution >= 0.6 is 11.8 Å². The Morgan fingerprint density at radius 2 is 1.90 bits per heavy atom. The number of carbonyl (C=O) groups excluding carboxylic acids is 1. The largest absolute Gasteiger partial charge is 0.415 e. The van der Waals surface area contributed by atoms with Crippen LogP contribution in [-0.4, -0.2) is 44.4 Å². The zero-order valence-corrected chi connectivity index (χ0v) is 18.8. The van der Waals surface area contributed by atoms with Crippen LogP contribution in [0.4, 0.5) is 4.79 Å². The van der Waals surface area contributed by atoms with E-state index in [1.165, 1.54) is 5.56 Å². The van der Waals surface area contributed by atoms with E-state index in [9.17, 15) is 4.79 Å². The number of rotatable bonds is 6. The normalized spacial score (nSPS) is 14.6. The van der Waals surface area contributed by atoms with Crippen molar-refractivity contribution in [2.24, 2.45) is 13.0 Å². The lowest BCUT2D eigenvalue weighted by Gasteiger charge is -2.31. The van der Waals surface area contributed by atoms with Crippen LogP contribution in [0.1, 0.15) is 29.7 Å². The molecule has 0 radical (unpaired) electrons. The second-order valence-corrected chi connectivity index (χ2v) is 9.06. The highest BCUT2D eigenvalue weighted by Gasteiger charge is 2.24. The number of hydrogen-bond donors (Lipinski definition) is 0. The number of aryl methyl sites for hydroxylation is 2. The van der Waals surface area contributed by atoms with Crippen LogP contribution in [0.5, 0.6) is 5.75 Å². The van der Waals surface area contributed by atoms with Gasteiger partial charge in [-0.1, -0.05) is 23.9 Å². The molecule has 1 fully saturated rings. The van der Waals surface area contributed by atoms with E-state index in [4.69, 9.17) is 4.74 Å². The van der Waals surface area contributed by atoms with E-state index in [1.54, 1.807) is 11.8 Å². The fraction of sp³-hybridized carbons (Fsp3) is 0.375. The molecule has 3 aromatic rings. The molecular formula is C24H28N4O2S. The molecule has 0 saturated carbocycles. The van der Waals surface area contributed by atoms with Crippen LogP contribution in [0.2, 0.25) is 0 Å². The van der Waals surface area contributed by atoms with Crippen molar-refractivity contribution in [2.45, 2.75) is 31.3 Å². The van der Waals surface area contributed by atoms with Gasteiger partial charge in [0.25, 0.3) is 0 Å². The van der Waals surface area contributed by atoms with Gasteiger partial charge in [0, 0.05) is 56.6 Å². The number of piperidine rings is 1. The summed E-state index contributed by atoms with van der Waals surface area (Å²) in [5, 5.41) is 1.04. The fourth-order valence-corrected chi connectivity index (χ4v) is 4.83. The van der Waals surface area contributed by atoms with Crippen LogP contribution in [0, 0.1) is 12.8 Å². The maximum absolute atomic E-state index is 12.6. The molecule has 0 aliphatic carbocycles. The number of imidazole rings is 1. The second kappa shape index (κ2) is 10.0. The van der Waals surface area contributed by atoms with Gasteiger partial charge in [0.05, 0.1) is 0 Å². The number of nitrogens with zero attached hydrogens (tertiary/aromatic N) is 4. The number of carbonyl (C=O) groups is 1. The molecule has 0 unspecified atom stereocenters. The van der Waals surface area contributed by atoms with E-state index < -0.39 is 0 Å². The van der Waals surface area contributed by atoms with E-state index in [0.717, 1.165) is 54.5 Å². The van der Waals surface area contributed by atoms with E-state index in [1.807, 2.05) is 65.4 Å². The highest BCUT2D eigenvalue weighted by Crippen LogP contribution is 2.26. The van der Waals surface area contributed by atoms with Gasteiger partial charge in [-0.05, 0) is 61.1 Å². The van der Waals surface area contributed by atoms with Gasteiger partial charge in [-0.25, -0.2) is 9.78 Å². The van der Waals surface area contributed by atoms with Crippen molar-refractivity contribution in [3.8, 4) is 5.75 Å². The summed E-state index contributed by atoms with van der Waals surface area (Å²) in [7, 11) is 2.01. The molecule has 0 N–H and O–H groups in total. The first-order valence-electron chi connectivity index (χ1n) is 10.6. The summed E-state index contributed by atoms with van der Waals surface area (Å²) in [4.78, 5) is 23.1. The molecule has 162 valence electrons. The first-order chi connectivity index (χ1) is 15.1. The van der Waals surface area contributed by atoms with Gasteiger partial charge in [-0.3, -0.25) is 4.98 Å². The van der Waals surface area contributed by atoms with Gasteiger partial charge >= 0.3 is 6.09 Å². The van der Waals surface area contributed by atoms with Crippen LogP contribution in [-0.2, 0) is 13.5 Å². The Kier molecular flexibility index (Phi) is 6.92. The number of likely N-dealkylation sites (tertiary alicyclic amines) is 1. The predicted octanol–water partition coefficient (Wildman–Crippen LogP) is 4.72. The predicted molar refractivity (Wildman–Crippen MR) is 122 cm³/mol. The molecule has 1 aliphatic heterocycles. The van der Waals surface area contributed by atoms with Crippen molar-refractivity contribution in [2.75, 3.05) is 18.8 Å². The van der Waals surface area contributed by atoms with Crippen molar-refractivity contribution >= 4 is 17.9 Å². The van der Waals surface area contributed by atoms with Crippen LogP contribution < -0.4 is 4.74 Å². The van der Waals surface area contributed by atoms with E-state index in [-0.39, 0.29) is 6.09 Å². The zero-order chi connectivity index (χ0) is 21.6. The van der Waals surface area contributed by atoms with Crippen molar-refractivity contribution in [1.82, 2.24) is 19.4 Å². The van der Waals surface area contributed by atoms with E-state index in [0.29, 0.717) is 11.7 Å². The molecule has 0 spiro atoms. The Morgan fingerprint density at radius 1 is 1.13 bits per heavy atom. The highest BCUT2D eigenvalue weighted by atomic mass is 32.2. The monoisotopic (exact) mass is 436 g/mol. The number of benzene rings is 1. The molecule has 7 heteroatoms. The van der Waals surface area contributed by atoms with Crippen molar-refractivity contribution in [3.63, 3.8) is 0 Å². The van der Waals surface area contributed by atoms with Crippen molar-refractivity contribution in [3.05, 3.63) is 71.8 Å². The first-order valence-corrected chi connectivity index (χ1v) is 11.6. The SMILES string of the molecule is Cc1ccnc(Cc2ccc(OC(=O)N3CCC(CSc4nccn4C)CC3)cc2)c1. The third-order valence-electron chi connectivity index (χ3n) is 5.58. The average molecular weight is 437 g/mol. The lowest BCUT2D eigenvalue weighted by atomic mass is 9.99. The third kappa shape index (κ3) is 5.88. The van der Waals surface area contributed by atoms with Gasteiger partial charge in [-0.2, -0.15) is 0 Å². The minimum Gasteiger partial charge on any atom is -0.410 e. The summed E-state index contributed by atoms with van der Waals surface area (Å²) in [6.07, 6.45) is 8.12. The topological polar surface area (TPSA) is 60.2 Å². The molecule has 1 saturated heterocycles. The third-order valence-corrected chi connectivity index (χ3v) is 6.87. The second-order valence-electron chi connectivity index (χ2n) is 8.08. The van der Waals surface area contributed by atoms with Gasteiger partial charge in [-0.15, -0.1) is 0 Å². The standard InChI is InChI=1S/C24H28N4O2S/c1-18-7-10-25-21(15-18)16-19-3-5-22(6-4-19)30-24(29)28-12-8-20(9-13-28)17-31-23-26-11-14-27(23)2/h3-7,10-11,14-15,20H,8-9,12-13,16-17H2,1-2H3. The van der Waals surface area contributed by atoms with Crippen LogP contribution in [0.3, 0.4) is 0 Å². The summed E-state index contributed by atoms with van der Waals surface area (Å²) in [6.45, 7) is 3.54. The van der Waals surface area contributed by atoms with Gasteiger partial charge in [0.2, 0.25) is 0 Å². The Hall–Kier alpha value is -2.80. The summed E-state index contributed by atoms with van der Waals surface area (Å²) >= 11 is 1.79. The number of aromatic nitrogens is 3. The molecule has 2 aromatic heterocycles. The summed E-state index contributed by atoms with van der Waals surface area (Å²) in [5.41, 5.74) is 3.38. The van der Waals surface area contributed by atoms with Gasteiger partial charge in [0.1, 0.15) is 5.75 Å². The van der Waals surface area contributed by atoms with Crippen molar-refractivity contribution < 1.29 is 9.53 Å². The molecule has 1 aliphatic rings. The van der Waals surface area contributed by atoms with E-state index >= 15 is 0 Å². The highest BCUT2D eigenvalue weighted by molar-refractivity contribution is 7.99. The molecule has 1 aromatic carbocycles. The molecule has 1 amide bonds. The number of hydrogen-bond acceptors (Lipinski definition) is 5. The molecule has 3 heterocycles. The molecule has 0 bridgehead atoms. The minimum absolute atomic E-state index is 0.261. The van der Waals surface area contributed by atoms with E-state index in [2.05, 4.69) is 23.0 Å². The number of amides is 1. The minimum atomic E-state index is -0.261. The Labute approximate surface area is 187 Å². The Bertz CT molecular complexity index is 1010. The number of ether oxygens (including phenoxy) is 1. The maximum atomic E-state index is 12.6. The molecule has 0 atom stereocenters. The van der Waals surface area contributed by atoms with Gasteiger partial charge in [0.15, 0.2) is 5.16 Å². The molecule has 4 rings (SSSR count). The lowest BCUT2D eigenvalue weighted by molar-refractivity contribution is 0.134. The number of pyridine rings is 1.